The fourth-order valence-electron chi connectivity index (χ4n) is 2.11. The maximum atomic E-state index is 4.81. The van der Waals surface area contributed by atoms with E-state index in [9.17, 15) is 0 Å². The quantitative estimate of drug-likeness (QED) is 0.695. The van der Waals surface area contributed by atoms with Gasteiger partial charge in [-0.1, -0.05) is 27.7 Å². The molecule has 1 N–H and O–H groups in total. The maximum Gasteiger partial charge on any atom is 0.0446 e. The van der Waals surface area contributed by atoms with Crippen LogP contribution < -0.4 is 5.32 Å². The number of aliphatic imine (C=N–C) groups is 1. The van der Waals surface area contributed by atoms with Gasteiger partial charge in [-0.25, -0.2) is 0 Å². The summed E-state index contributed by atoms with van der Waals surface area (Å²) in [5.41, 5.74) is 3.89. The van der Waals surface area contributed by atoms with E-state index in [2.05, 4.69) is 67.6 Å². The molecule has 0 aliphatic rings. The van der Waals surface area contributed by atoms with Crippen molar-refractivity contribution in [2.24, 2.45) is 16.8 Å². The Labute approximate surface area is 114 Å². The summed E-state index contributed by atoms with van der Waals surface area (Å²) in [6.45, 7) is 19.8. The minimum atomic E-state index is 0.352. The van der Waals surface area contributed by atoms with Crippen molar-refractivity contribution in [3.63, 3.8) is 0 Å². The van der Waals surface area contributed by atoms with Crippen LogP contribution in [0, 0.1) is 11.8 Å². The molecule has 0 bridgehead atoms. The van der Waals surface area contributed by atoms with Crippen molar-refractivity contribution in [1.82, 2.24) is 5.32 Å². The standard InChI is InChI=1S/C16H32N2/c1-10(2)15(17-12(5)6)14(9)16(11(3)4)18-13(7)8/h10-13,17H,1-9H3. The van der Waals surface area contributed by atoms with Crippen molar-refractivity contribution in [2.75, 3.05) is 0 Å². The number of rotatable bonds is 6. The molecular weight excluding hydrogens is 220 g/mol. The van der Waals surface area contributed by atoms with E-state index in [4.69, 9.17) is 4.99 Å². The summed E-state index contributed by atoms with van der Waals surface area (Å²) in [4.78, 5) is 4.81. The van der Waals surface area contributed by atoms with E-state index < -0.39 is 0 Å². The van der Waals surface area contributed by atoms with Crippen LogP contribution in [0.1, 0.15) is 62.3 Å². The molecule has 18 heavy (non-hydrogen) atoms. The molecule has 0 aromatic rings. The first-order valence-corrected chi connectivity index (χ1v) is 7.22. The molecule has 0 aliphatic heterocycles. The average molecular weight is 252 g/mol. The zero-order chi connectivity index (χ0) is 14.5. The minimum absolute atomic E-state index is 0.352. The summed E-state index contributed by atoms with van der Waals surface area (Å²) in [5, 5.41) is 3.59. The normalized spacial score (nSPS) is 14.8. The molecule has 2 nitrogen and oxygen atoms in total. The second kappa shape index (κ2) is 7.60. The Morgan fingerprint density at radius 3 is 1.61 bits per heavy atom. The first-order chi connectivity index (χ1) is 8.16. The highest BCUT2D eigenvalue weighted by molar-refractivity contribution is 6.01. The highest BCUT2D eigenvalue weighted by Gasteiger charge is 2.16. The zero-order valence-corrected chi connectivity index (χ0v) is 13.8. The molecule has 0 rings (SSSR count). The third kappa shape index (κ3) is 5.70. The molecule has 0 amide bonds. The Bertz CT molecular complexity index is 307. The van der Waals surface area contributed by atoms with Crippen molar-refractivity contribution >= 4 is 5.71 Å². The molecule has 0 aromatic heterocycles. The lowest BCUT2D eigenvalue weighted by Gasteiger charge is -2.23. The molecule has 0 atom stereocenters. The Morgan fingerprint density at radius 2 is 1.33 bits per heavy atom. The monoisotopic (exact) mass is 252 g/mol. The second-order valence-electron chi connectivity index (χ2n) is 6.26. The SMILES string of the molecule is CC(C(=NC(C)C)C(C)C)=C(NC(C)C)C(C)C. The minimum Gasteiger partial charge on any atom is -0.386 e. The van der Waals surface area contributed by atoms with Gasteiger partial charge in [0, 0.05) is 23.5 Å². The van der Waals surface area contributed by atoms with Crippen molar-refractivity contribution in [3.05, 3.63) is 11.3 Å². The van der Waals surface area contributed by atoms with Crippen LogP contribution in [0.5, 0.6) is 0 Å². The van der Waals surface area contributed by atoms with Gasteiger partial charge >= 0.3 is 0 Å². The smallest absolute Gasteiger partial charge is 0.0446 e. The van der Waals surface area contributed by atoms with Crippen molar-refractivity contribution < 1.29 is 0 Å². The lowest BCUT2D eigenvalue weighted by Crippen LogP contribution is -2.28. The first-order valence-electron chi connectivity index (χ1n) is 7.22. The van der Waals surface area contributed by atoms with Crippen LogP contribution in [-0.4, -0.2) is 17.8 Å². The molecule has 0 saturated carbocycles. The number of nitrogens with one attached hydrogen (secondary N) is 1. The van der Waals surface area contributed by atoms with E-state index >= 15 is 0 Å². The van der Waals surface area contributed by atoms with Gasteiger partial charge in [0.1, 0.15) is 0 Å². The molecule has 0 fully saturated rings. The Balaban J connectivity index is 5.51. The van der Waals surface area contributed by atoms with Gasteiger partial charge in [0.15, 0.2) is 0 Å². The van der Waals surface area contributed by atoms with Crippen molar-refractivity contribution in [1.29, 1.82) is 0 Å². The highest BCUT2D eigenvalue weighted by atomic mass is 14.9. The van der Waals surface area contributed by atoms with Gasteiger partial charge in [-0.2, -0.15) is 0 Å². The van der Waals surface area contributed by atoms with E-state index in [1.165, 1.54) is 17.0 Å². The van der Waals surface area contributed by atoms with Gasteiger partial charge in [-0.15, -0.1) is 0 Å². The topological polar surface area (TPSA) is 24.4 Å². The first kappa shape index (κ1) is 17.2. The Morgan fingerprint density at radius 1 is 0.833 bits per heavy atom. The average Bonchev–Trinajstić information content (AvgIpc) is 2.20. The lowest BCUT2D eigenvalue weighted by molar-refractivity contribution is 0.583. The number of hydrogen-bond donors (Lipinski definition) is 1. The van der Waals surface area contributed by atoms with Crippen LogP contribution >= 0.6 is 0 Å². The summed E-state index contributed by atoms with van der Waals surface area (Å²) >= 11 is 0. The molecular formula is C16H32N2. The van der Waals surface area contributed by atoms with Gasteiger partial charge in [-0.3, -0.25) is 4.99 Å². The molecule has 2 heteroatoms. The predicted molar refractivity (Wildman–Crippen MR) is 83.2 cm³/mol. The summed E-state index contributed by atoms with van der Waals surface area (Å²) in [6.07, 6.45) is 0. The van der Waals surface area contributed by atoms with Crippen LogP contribution in [0.2, 0.25) is 0 Å². The zero-order valence-electron chi connectivity index (χ0n) is 13.8. The second-order valence-corrected chi connectivity index (χ2v) is 6.26. The van der Waals surface area contributed by atoms with Gasteiger partial charge in [0.25, 0.3) is 0 Å². The highest BCUT2D eigenvalue weighted by Crippen LogP contribution is 2.18. The molecule has 0 radical (unpaired) electrons. The van der Waals surface area contributed by atoms with E-state index in [-0.39, 0.29) is 0 Å². The van der Waals surface area contributed by atoms with E-state index in [0.717, 1.165) is 0 Å². The third-order valence-electron chi connectivity index (χ3n) is 2.75. The number of nitrogens with zero attached hydrogens (tertiary/aromatic N) is 1. The summed E-state index contributed by atoms with van der Waals surface area (Å²) in [5.74, 6) is 0.971. The van der Waals surface area contributed by atoms with Gasteiger partial charge in [0.2, 0.25) is 0 Å². The molecule has 106 valence electrons. The Kier molecular flexibility index (Phi) is 7.27. The van der Waals surface area contributed by atoms with E-state index in [1.807, 2.05) is 0 Å². The van der Waals surface area contributed by atoms with Gasteiger partial charge in [-0.05, 0) is 52.0 Å². The van der Waals surface area contributed by atoms with Crippen LogP contribution in [0.4, 0.5) is 0 Å². The molecule has 0 heterocycles. The van der Waals surface area contributed by atoms with Crippen LogP contribution in [0.25, 0.3) is 0 Å². The molecule has 0 aromatic carbocycles. The van der Waals surface area contributed by atoms with Crippen LogP contribution in [0.3, 0.4) is 0 Å². The lowest BCUT2D eigenvalue weighted by atomic mass is 9.94. The molecule has 0 spiro atoms. The molecule has 0 saturated heterocycles. The van der Waals surface area contributed by atoms with E-state index in [0.29, 0.717) is 23.9 Å². The number of allylic oxidation sites excluding steroid dienone is 2. The molecule has 0 aliphatic carbocycles. The Hall–Kier alpha value is -0.790. The van der Waals surface area contributed by atoms with Gasteiger partial charge < -0.3 is 5.32 Å². The van der Waals surface area contributed by atoms with Crippen molar-refractivity contribution in [2.45, 2.75) is 74.4 Å². The van der Waals surface area contributed by atoms with Gasteiger partial charge in [0.05, 0.1) is 0 Å². The fraction of sp³-hybridized carbons (Fsp3) is 0.812. The largest absolute Gasteiger partial charge is 0.386 e. The molecule has 0 unspecified atom stereocenters. The summed E-state index contributed by atoms with van der Waals surface area (Å²) in [6, 6.07) is 0.814. The maximum absolute atomic E-state index is 4.81. The van der Waals surface area contributed by atoms with Crippen LogP contribution in [0.15, 0.2) is 16.3 Å². The van der Waals surface area contributed by atoms with Crippen molar-refractivity contribution in [3.8, 4) is 0 Å². The summed E-state index contributed by atoms with van der Waals surface area (Å²) < 4.78 is 0. The van der Waals surface area contributed by atoms with E-state index in [1.54, 1.807) is 0 Å². The third-order valence-corrected chi connectivity index (χ3v) is 2.75. The predicted octanol–water partition coefficient (Wildman–Crippen LogP) is 4.42. The number of hydrogen-bond acceptors (Lipinski definition) is 2. The summed E-state index contributed by atoms with van der Waals surface area (Å²) in [7, 11) is 0. The van der Waals surface area contributed by atoms with Crippen LogP contribution in [-0.2, 0) is 0 Å². The fourth-order valence-corrected chi connectivity index (χ4v) is 2.11.